The zero-order valence-corrected chi connectivity index (χ0v) is 7.81. The Bertz CT molecular complexity index is 465. The van der Waals surface area contributed by atoms with Crippen LogP contribution in [0.1, 0.15) is 0 Å². The van der Waals surface area contributed by atoms with E-state index < -0.39 is 6.03 Å². The number of primary amides is 1. The molecule has 0 saturated heterocycles. The van der Waals surface area contributed by atoms with E-state index in [1.54, 1.807) is 18.3 Å². The molecule has 2 amide bonds. The summed E-state index contributed by atoms with van der Waals surface area (Å²) < 4.78 is 5.14. The molecule has 0 aliphatic carbocycles. The molecule has 0 aliphatic heterocycles. The van der Waals surface area contributed by atoms with Crippen LogP contribution < -0.4 is 11.1 Å². The lowest BCUT2D eigenvalue weighted by Crippen LogP contribution is -2.19. The lowest BCUT2D eigenvalue weighted by atomic mass is 10.1. The van der Waals surface area contributed by atoms with Gasteiger partial charge in [-0.15, -0.1) is 0 Å². The van der Waals surface area contributed by atoms with Crippen molar-refractivity contribution in [1.82, 2.24) is 4.98 Å². The van der Waals surface area contributed by atoms with Crippen LogP contribution in [0.15, 0.2) is 41.3 Å². The topological polar surface area (TPSA) is 81.2 Å². The van der Waals surface area contributed by atoms with Crippen LogP contribution in [-0.2, 0) is 0 Å². The van der Waals surface area contributed by atoms with Crippen LogP contribution in [0.3, 0.4) is 0 Å². The smallest absolute Gasteiger partial charge is 0.316 e. The van der Waals surface area contributed by atoms with Gasteiger partial charge in [-0.2, -0.15) is 0 Å². The molecule has 15 heavy (non-hydrogen) atoms. The van der Waals surface area contributed by atoms with Crippen LogP contribution >= 0.6 is 0 Å². The average molecular weight is 203 g/mol. The summed E-state index contributed by atoms with van der Waals surface area (Å²) in [4.78, 5) is 14.6. The Morgan fingerprint density at radius 2 is 2.20 bits per heavy atom. The van der Waals surface area contributed by atoms with Gasteiger partial charge in [0.05, 0.1) is 11.9 Å². The van der Waals surface area contributed by atoms with E-state index in [1.165, 1.54) is 6.39 Å². The monoisotopic (exact) mass is 203 g/mol. The van der Waals surface area contributed by atoms with E-state index in [4.69, 9.17) is 10.2 Å². The average Bonchev–Trinajstić information content (AvgIpc) is 2.70. The summed E-state index contributed by atoms with van der Waals surface area (Å²) in [7, 11) is 0. The molecule has 2 aromatic rings. The first-order chi connectivity index (χ1) is 7.27. The summed E-state index contributed by atoms with van der Waals surface area (Å²) in [6.07, 6.45) is 2.90. The summed E-state index contributed by atoms with van der Waals surface area (Å²) in [5.41, 5.74) is 6.39. The molecule has 1 aromatic carbocycles. The third-order valence-electron chi connectivity index (χ3n) is 1.88. The van der Waals surface area contributed by atoms with Gasteiger partial charge < -0.3 is 15.5 Å². The number of benzene rings is 1. The van der Waals surface area contributed by atoms with Crippen molar-refractivity contribution in [2.75, 3.05) is 5.32 Å². The number of hydrogen-bond donors (Lipinski definition) is 2. The highest BCUT2D eigenvalue weighted by molar-refractivity contribution is 5.92. The van der Waals surface area contributed by atoms with Gasteiger partial charge in [-0.05, 0) is 12.1 Å². The number of para-hydroxylation sites is 1. The molecular weight excluding hydrogens is 194 g/mol. The van der Waals surface area contributed by atoms with Crippen molar-refractivity contribution in [3.63, 3.8) is 0 Å². The summed E-state index contributed by atoms with van der Waals surface area (Å²) in [5.74, 6) is 0.583. The lowest BCUT2D eigenvalue weighted by Gasteiger charge is -2.06. The number of carbonyl (C=O) groups is 1. The number of nitrogens with one attached hydrogen (secondary N) is 1. The molecule has 0 unspecified atom stereocenters. The zero-order valence-electron chi connectivity index (χ0n) is 7.81. The van der Waals surface area contributed by atoms with Gasteiger partial charge >= 0.3 is 6.03 Å². The first-order valence-electron chi connectivity index (χ1n) is 4.32. The predicted octanol–water partition coefficient (Wildman–Crippen LogP) is 1.83. The quantitative estimate of drug-likeness (QED) is 0.781. The Morgan fingerprint density at radius 1 is 1.40 bits per heavy atom. The minimum absolute atomic E-state index is 0.583. The van der Waals surface area contributed by atoms with Crippen LogP contribution in [-0.4, -0.2) is 11.0 Å². The Labute approximate surface area is 85.9 Å². The summed E-state index contributed by atoms with van der Waals surface area (Å²) in [6, 6.07) is 6.57. The Balaban J connectivity index is 2.42. The van der Waals surface area contributed by atoms with Crippen molar-refractivity contribution in [1.29, 1.82) is 0 Å². The second kappa shape index (κ2) is 3.83. The molecule has 2 rings (SSSR count). The standard InChI is InChI=1S/C10H9N3O2/c11-10(14)13-8-4-2-1-3-7(8)9-5-12-6-15-9/h1-6H,(H3,11,13,14). The number of nitrogens with two attached hydrogens (primary N) is 1. The first kappa shape index (κ1) is 9.26. The second-order valence-electron chi connectivity index (χ2n) is 2.90. The van der Waals surface area contributed by atoms with Gasteiger partial charge in [-0.25, -0.2) is 9.78 Å². The van der Waals surface area contributed by atoms with Gasteiger partial charge in [-0.3, -0.25) is 0 Å². The molecule has 1 heterocycles. The molecule has 1 aromatic heterocycles. The normalized spacial score (nSPS) is 9.87. The molecule has 3 N–H and O–H groups in total. The Morgan fingerprint density at radius 3 is 2.87 bits per heavy atom. The molecule has 0 atom stereocenters. The fourth-order valence-electron chi connectivity index (χ4n) is 1.29. The van der Waals surface area contributed by atoms with Gasteiger partial charge in [0.2, 0.25) is 0 Å². The Hall–Kier alpha value is -2.30. The Kier molecular flexibility index (Phi) is 2.37. The van der Waals surface area contributed by atoms with Crippen molar-refractivity contribution < 1.29 is 9.21 Å². The van der Waals surface area contributed by atoms with Crippen molar-refractivity contribution in [2.45, 2.75) is 0 Å². The molecule has 0 aliphatic rings. The van der Waals surface area contributed by atoms with Crippen molar-refractivity contribution in [3.8, 4) is 11.3 Å². The number of aromatic nitrogens is 1. The van der Waals surface area contributed by atoms with E-state index >= 15 is 0 Å². The number of nitrogens with zero attached hydrogens (tertiary/aromatic N) is 1. The van der Waals surface area contributed by atoms with E-state index in [0.29, 0.717) is 11.4 Å². The maximum atomic E-state index is 10.8. The second-order valence-corrected chi connectivity index (χ2v) is 2.90. The van der Waals surface area contributed by atoms with E-state index in [9.17, 15) is 4.79 Å². The van der Waals surface area contributed by atoms with Crippen LogP contribution in [0, 0.1) is 0 Å². The number of anilines is 1. The fourth-order valence-corrected chi connectivity index (χ4v) is 1.29. The number of carbonyl (C=O) groups excluding carboxylic acids is 1. The van der Waals surface area contributed by atoms with Crippen molar-refractivity contribution in [2.24, 2.45) is 5.73 Å². The SMILES string of the molecule is NC(=O)Nc1ccccc1-c1cnco1. The van der Waals surface area contributed by atoms with E-state index in [2.05, 4.69) is 10.3 Å². The molecule has 0 bridgehead atoms. The molecule has 0 radical (unpaired) electrons. The molecule has 5 heteroatoms. The maximum Gasteiger partial charge on any atom is 0.316 e. The predicted molar refractivity (Wildman–Crippen MR) is 55.1 cm³/mol. The zero-order chi connectivity index (χ0) is 10.7. The largest absolute Gasteiger partial charge is 0.443 e. The number of hydrogen-bond acceptors (Lipinski definition) is 3. The molecule has 5 nitrogen and oxygen atoms in total. The lowest BCUT2D eigenvalue weighted by molar-refractivity contribution is 0.259. The highest BCUT2D eigenvalue weighted by Gasteiger charge is 2.08. The molecular formula is C10H9N3O2. The number of rotatable bonds is 2. The minimum Gasteiger partial charge on any atom is -0.443 e. The molecule has 0 saturated carbocycles. The summed E-state index contributed by atoms with van der Waals surface area (Å²) in [5, 5.41) is 2.51. The fraction of sp³-hybridized carbons (Fsp3) is 0. The molecule has 76 valence electrons. The van der Waals surface area contributed by atoms with E-state index in [1.807, 2.05) is 12.1 Å². The van der Waals surface area contributed by atoms with Gasteiger partial charge in [-0.1, -0.05) is 12.1 Å². The highest BCUT2D eigenvalue weighted by Crippen LogP contribution is 2.26. The molecule has 0 spiro atoms. The third-order valence-corrected chi connectivity index (χ3v) is 1.88. The van der Waals surface area contributed by atoms with Crippen LogP contribution in [0.4, 0.5) is 10.5 Å². The van der Waals surface area contributed by atoms with E-state index in [0.717, 1.165) is 5.56 Å². The highest BCUT2D eigenvalue weighted by atomic mass is 16.3. The van der Waals surface area contributed by atoms with Gasteiger partial charge in [0, 0.05) is 5.56 Å². The van der Waals surface area contributed by atoms with Gasteiger partial charge in [0.15, 0.2) is 12.2 Å². The minimum atomic E-state index is -0.609. The number of urea groups is 1. The molecule has 0 fully saturated rings. The van der Waals surface area contributed by atoms with Crippen LogP contribution in [0.5, 0.6) is 0 Å². The van der Waals surface area contributed by atoms with Gasteiger partial charge in [0.25, 0.3) is 0 Å². The first-order valence-corrected chi connectivity index (χ1v) is 4.32. The third kappa shape index (κ3) is 1.96. The van der Waals surface area contributed by atoms with Crippen LogP contribution in [0.25, 0.3) is 11.3 Å². The van der Waals surface area contributed by atoms with Crippen LogP contribution in [0.2, 0.25) is 0 Å². The summed E-state index contributed by atoms with van der Waals surface area (Å²) in [6.45, 7) is 0. The van der Waals surface area contributed by atoms with E-state index in [-0.39, 0.29) is 0 Å². The number of oxazole rings is 1. The summed E-state index contributed by atoms with van der Waals surface area (Å²) >= 11 is 0. The van der Waals surface area contributed by atoms with Crippen molar-refractivity contribution >= 4 is 11.7 Å². The van der Waals surface area contributed by atoms with Crippen molar-refractivity contribution in [3.05, 3.63) is 36.9 Å². The van der Waals surface area contributed by atoms with Gasteiger partial charge in [0.1, 0.15) is 0 Å². The maximum absolute atomic E-state index is 10.8. The number of amides is 2.